The number of ether oxygens (including phenoxy) is 2. The fourth-order valence-electron chi connectivity index (χ4n) is 3.41. The Morgan fingerprint density at radius 3 is 1.67 bits per heavy atom. The number of likely N-dealkylation sites (N-methyl/N-ethyl adjacent to an activating group) is 2. The SMILES string of the molecule is CN1CCCC(OC(=O)c2ccc(C(=O)OC3CCCN(C)C3)o2)C1.Cl.Cl. The Hall–Kier alpha value is -1.28. The summed E-state index contributed by atoms with van der Waals surface area (Å²) in [6.45, 7) is 3.47. The van der Waals surface area contributed by atoms with Crippen LogP contribution in [-0.2, 0) is 9.47 Å². The minimum absolute atomic E-state index is 0. The van der Waals surface area contributed by atoms with Crippen LogP contribution in [0, 0.1) is 0 Å². The zero-order chi connectivity index (χ0) is 17.8. The van der Waals surface area contributed by atoms with Gasteiger partial charge in [0.25, 0.3) is 0 Å². The first-order valence-corrected chi connectivity index (χ1v) is 8.90. The van der Waals surface area contributed by atoms with E-state index < -0.39 is 11.9 Å². The number of hydrogen-bond donors (Lipinski definition) is 0. The minimum atomic E-state index is -0.531. The summed E-state index contributed by atoms with van der Waals surface area (Å²) in [5.41, 5.74) is 0. The summed E-state index contributed by atoms with van der Waals surface area (Å²) < 4.78 is 16.3. The van der Waals surface area contributed by atoms with Crippen LogP contribution in [0.3, 0.4) is 0 Å². The van der Waals surface area contributed by atoms with E-state index in [4.69, 9.17) is 13.9 Å². The van der Waals surface area contributed by atoms with Crippen LogP contribution in [0.1, 0.15) is 46.8 Å². The highest BCUT2D eigenvalue weighted by Crippen LogP contribution is 2.18. The highest BCUT2D eigenvalue weighted by Gasteiger charge is 2.26. The van der Waals surface area contributed by atoms with Gasteiger partial charge >= 0.3 is 11.9 Å². The molecule has 9 heteroatoms. The summed E-state index contributed by atoms with van der Waals surface area (Å²) in [6.07, 6.45) is 3.43. The molecule has 0 spiro atoms. The second-order valence-corrected chi connectivity index (χ2v) is 7.03. The van der Waals surface area contributed by atoms with Gasteiger partial charge in [0.1, 0.15) is 12.2 Å². The van der Waals surface area contributed by atoms with Crippen molar-refractivity contribution < 1.29 is 23.5 Å². The quantitative estimate of drug-likeness (QED) is 0.690. The third-order valence-electron chi connectivity index (χ3n) is 4.72. The largest absolute Gasteiger partial charge is 0.455 e. The van der Waals surface area contributed by atoms with E-state index in [1.807, 2.05) is 14.1 Å². The van der Waals surface area contributed by atoms with Crippen molar-refractivity contribution in [1.82, 2.24) is 9.80 Å². The standard InChI is InChI=1S/C18H26N2O5.2ClH/c1-19-9-3-5-13(11-19)23-17(21)15-7-8-16(25-15)18(22)24-14-6-4-10-20(2)12-14;;/h7-8,13-14H,3-6,9-12H2,1-2H3;2*1H. The van der Waals surface area contributed by atoms with Crippen molar-refractivity contribution >= 4 is 36.8 Å². The molecule has 2 atom stereocenters. The summed E-state index contributed by atoms with van der Waals surface area (Å²) in [4.78, 5) is 28.7. The number of hydrogen-bond acceptors (Lipinski definition) is 7. The van der Waals surface area contributed by atoms with Crippen LogP contribution in [0.5, 0.6) is 0 Å². The molecule has 27 heavy (non-hydrogen) atoms. The second-order valence-electron chi connectivity index (χ2n) is 7.03. The number of carbonyl (C=O) groups excluding carboxylic acids is 2. The molecule has 0 amide bonds. The molecule has 3 rings (SSSR count). The van der Waals surface area contributed by atoms with Crippen LogP contribution in [0.4, 0.5) is 0 Å². The van der Waals surface area contributed by atoms with Gasteiger partial charge in [-0.1, -0.05) is 0 Å². The highest BCUT2D eigenvalue weighted by molar-refractivity contribution is 5.91. The van der Waals surface area contributed by atoms with Gasteiger partial charge in [-0.25, -0.2) is 9.59 Å². The summed E-state index contributed by atoms with van der Waals surface area (Å²) in [6, 6.07) is 2.94. The van der Waals surface area contributed by atoms with E-state index in [0.717, 1.165) is 51.9 Å². The number of nitrogens with zero attached hydrogens (tertiary/aromatic N) is 2. The maximum atomic E-state index is 12.2. The summed E-state index contributed by atoms with van der Waals surface area (Å²) >= 11 is 0. The molecular formula is C18H28Cl2N2O5. The molecule has 0 radical (unpaired) electrons. The number of furan rings is 1. The Kier molecular flexibility index (Phi) is 9.59. The van der Waals surface area contributed by atoms with Gasteiger partial charge in [0.15, 0.2) is 0 Å². The number of likely N-dealkylation sites (tertiary alicyclic amines) is 2. The average molecular weight is 423 g/mol. The van der Waals surface area contributed by atoms with Crippen molar-refractivity contribution in [3.05, 3.63) is 23.7 Å². The lowest BCUT2D eigenvalue weighted by Gasteiger charge is -2.29. The molecule has 0 bridgehead atoms. The molecule has 1 aromatic heterocycles. The monoisotopic (exact) mass is 422 g/mol. The zero-order valence-corrected chi connectivity index (χ0v) is 17.4. The molecule has 2 aliphatic heterocycles. The maximum Gasteiger partial charge on any atom is 0.374 e. The lowest BCUT2D eigenvalue weighted by Crippen LogP contribution is -2.38. The first-order chi connectivity index (χ1) is 12.0. The molecular weight excluding hydrogens is 395 g/mol. The lowest BCUT2D eigenvalue weighted by atomic mass is 10.1. The fourth-order valence-corrected chi connectivity index (χ4v) is 3.41. The van der Waals surface area contributed by atoms with E-state index in [-0.39, 0.29) is 48.5 Å². The van der Waals surface area contributed by atoms with Gasteiger partial charge < -0.3 is 23.7 Å². The summed E-state index contributed by atoms with van der Waals surface area (Å²) in [7, 11) is 4.01. The van der Waals surface area contributed by atoms with E-state index in [1.54, 1.807) is 0 Å². The summed E-state index contributed by atoms with van der Waals surface area (Å²) in [5.74, 6) is -0.977. The van der Waals surface area contributed by atoms with E-state index in [0.29, 0.717) is 0 Å². The Balaban J connectivity index is 0.00000182. The number of rotatable bonds is 4. The van der Waals surface area contributed by atoms with Crippen LogP contribution in [0.25, 0.3) is 0 Å². The van der Waals surface area contributed by atoms with Crippen molar-refractivity contribution in [3.63, 3.8) is 0 Å². The van der Waals surface area contributed by atoms with Gasteiger partial charge in [0.2, 0.25) is 11.5 Å². The van der Waals surface area contributed by atoms with E-state index in [1.165, 1.54) is 12.1 Å². The van der Waals surface area contributed by atoms with Gasteiger partial charge in [-0.15, -0.1) is 24.8 Å². The normalized spacial score (nSPS) is 23.6. The molecule has 0 aliphatic carbocycles. The van der Waals surface area contributed by atoms with Crippen molar-refractivity contribution in [3.8, 4) is 0 Å². The molecule has 7 nitrogen and oxygen atoms in total. The van der Waals surface area contributed by atoms with E-state index >= 15 is 0 Å². The molecule has 3 heterocycles. The van der Waals surface area contributed by atoms with Gasteiger partial charge in [-0.2, -0.15) is 0 Å². The zero-order valence-electron chi connectivity index (χ0n) is 15.7. The van der Waals surface area contributed by atoms with Crippen LogP contribution in [0.2, 0.25) is 0 Å². The Labute approximate surface area is 172 Å². The van der Waals surface area contributed by atoms with E-state index in [2.05, 4.69) is 9.80 Å². The molecule has 1 aromatic rings. The Bertz CT molecular complexity index is 574. The third-order valence-corrected chi connectivity index (χ3v) is 4.72. The lowest BCUT2D eigenvalue weighted by molar-refractivity contribution is 0.00485. The van der Waals surface area contributed by atoms with Crippen LogP contribution in [0.15, 0.2) is 16.5 Å². The van der Waals surface area contributed by atoms with Crippen molar-refractivity contribution in [1.29, 1.82) is 0 Å². The highest BCUT2D eigenvalue weighted by atomic mass is 35.5. The average Bonchev–Trinajstić information content (AvgIpc) is 3.05. The molecule has 154 valence electrons. The number of carbonyl (C=O) groups is 2. The number of esters is 2. The predicted molar refractivity (Wildman–Crippen MR) is 105 cm³/mol. The van der Waals surface area contributed by atoms with Gasteiger partial charge in [0.05, 0.1) is 0 Å². The topological polar surface area (TPSA) is 72.2 Å². The Morgan fingerprint density at radius 1 is 0.889 bits per heavy atom. The van der Waals surface area contributed by atoms with Gasteiger partial charge in [0, 0.05) is 13.1 Å². The van der Waals surface area contributed by atoms with Gasteiger partial charge in [-0.05, 0) is 65.0 Å². The summed E-state index contributed by atoms with van der Waals surface area (Å²) in [5, 5.41) is 0. The molecule has 2 aliphatic rings. The minimum Gasteiger partial charge on any atom is -0.455 e. The van der Waals surface area contributed by atoms with Crippen molar-refractivity contribution in [2.24, 2.45) is 0 Å². The van der Waals surface area contributed by atoms with Gasteiger partial charge in [-0.3, -0.25) is 0 Å². The first-order valence-electron chi connectivity index (χ1n) is 8.90. The number of halogens is 2. The smallest absolute Gasteiger partial charge is 0.374 e. The Morgan fingerprint density at radius 2 is 1.30 bits per heavy atom. The van der Waals surface area contributed by atoms with Crippen LogP contribution in [-0.4, -0.2) is 74.2 Å². The molecule has 2 fully saturated rings. The van der Waals surface area contributed by atoms with Crippen LogP contribution < -0.4 is 0 Å². The second kappa shape index (κ2) is 10.9. The number of piperidine rings is 2. The molecule has 2 saturated heterocycles. The maximum absolute atomic E-state index is 12.2. The predicted octanol–water partition coefficient (Wildman–Crippen LogP) is 2.63. The molecule has 0 N–H and O–H groups in total. The van der Waals surface area contributed by atoms with E-state index in [9.17, 15) is 9.59 Å². The molecule has 0 aromatic carbocycles. The van der Waals surface area contributed by atoms with Crippen molar-refractivity contribution in [2.75, 3.05) is 40.3 Å². The van der Waals surface area contributed by atoms with Crippen LogP contribution >= 0.6 is 24.8 Å². The molecule has 0 saturated carbocycles. The third kappa shape index (κ3) is 6.68. The molecule has 2 unspecified atom stereocenters. The first kappa shape index (κ1) is 23.8. The van der Waals surface area contributed by atoms with Crippen molar-refractivity contribution in [2.45, 2.75) is 37.9 Å². The fraction of sp³-hybridized carbons (Fsp3) is 0.667.